The molecule has 0 saturated heterocycles. The van der Waals surface area contributed by atoms with Crippen molar-refractivity contribution in [1.29, 1.82) is 0 Å². The highest BCUT2D eigenvalue weighted by molar-refractivity contribution is 6.10. The van der Waals surface area contributed by atoms with Gasteiger partial charge in [-0.15, -0.1) is 0 Å². The lowest BCUT2D eigenvalue weighted by molar-refractivity contribution is 0.550. The van der Waals surface area contributed by atoms with Gasteiger partial charge in [-0.2, -0.15) is 0 Å². The topological polar surface area (TPSA) is 8.17 Å². The number of aromatic nitrogens is 1. The van der Waals surface area contributed by atoms with E-state index in [1.165, 1.54) is 108 Å². The Hall–Kier alpha value is -7.16. The van der Waals surface area contributed by atoms with Crippen LogP contribution < -0.4 is 4.90 Å². The van der Waals surface area contributed by atoms with Crippen molar-refractivity contribution in [1.82, 2.24) is 4.57 Å². The molecule has 1 heterocycles. The van der Waals surface area contributed by atoms with Gasteiger partial charge in [-0.25, -0.2) is 0 Å². The lowest BCUT2D eigenvalue weighted by Crippen LogP contribution is -2.20. The van der Waals surface area contributed by atoms with Gasteiger partial charge in [-0.3, -0.25) is 0 Å². The predicted molar refractivity (Wildman–Crippen MR) is 249 cm³/mol. The molecular weight excluding hydrogens is 713 g/mol. The molecule has 2 aliphatic carbocycles. The first-order valence-corrected chi connectivity index (χ1v) is 21.1. The van der Waals surface area contributed by atoms with Crippen LogP contribution in [-0.4, -0.2) is 4.57 Å². The first kappa shape index (κ1) is 33.9. The normalized spacial score (nSPS) is 14.0. The summed E-state index contributed by atoms with van der Waals surface area (Å²) in [5.74, 6) is 0. The fourth-order valence-corrected chi connectivity index (χ4v) is 10.6. The molecule has 0 bridgehead atoms. The van der Waals surface area contributed by atoms with Crippen LogP contribution in [0, 0.1) is 0 Å². The second-order valence-electron chi connectivity index (χ2n) is 16.4. The Morgan fingerprint density at radius 2 is 0.966 bits per heavy atom. The molecule has 0 radical (unpaired) electrons. The van der Waals surface area contributed by atoms with Gasteiger partial charge in [0.05, 0.1) is 16.7 Å². The molecule has 10 aromatic rings. The van der Waals surface area contributed by atoms with Crippen molar-refractivity contribution >= 4 is 49.6 Å². The van der Waals surface area contributed by atoms with Crippen molar-refractivity contribution < 1.29 is 0 Å². The largest absolute Gasteiger partial charge is 0.310 e. The van der Waals surface area contributed by atoms with Gasteiger partial charge in [-0.05, 0) is 123 Å². The van der Waals surface area contributed by atoms with Crippen molar-refractivity contribution in [2.24, 2.45) is 0 Å². The van der Waals surface area contributed by atoms with E-state index in [1.807, 2.05) is 0 Å². The summed E-state index contributed by atoms with van der Waals surface area (Å²) in [6.07, 6.45) is 5.08. The Labute approximate surface area is 345 Å². The lowest BCUT2D eigenvalue weighted by Gasteiger charge is -2.28. The van der Waals surface area contributed by atoms with E-state index in [-0.39, 0.29) is 5.41 Å². The monoisotopic (exact) mass is 754 g/mol. The summed E-state index contributed by atoms with van der Waals surface area (Å²) in [6.45, 7) is 0. The molecule has 1 fully saturated rings. The number of anilines is 3. The third kappa shape index (κ3) is 5.33. The van der Waals surface area contributed by atoms with Gasteiger partial charge >= 0.3 is 0 Å². The number of hydrogen-bond acceptors (Lipinski definition) is 1. The summed E-state index contributed by atoms with van der Waals surface area (Å²) >= 11 is 0. The van der Waals surface area contributed by atoms with Crippen LogP contribution in [0.5, 0.6) is 0 Å². The summed E-state index contributed by atoms with van der Waals surface area (Å²) in [5.41, 5.74) is 18.0. The smallest absolute Gasteiger partial charge is 0.0547 e. The molecule has 1 saturated carbocycles. The van der Waals surface area contributed by atoms with E-state index in [4.69, 9.17) is 0 Å². The molecular formula is C57H42N2. The molecule has 1 aromatic heterocycles. The molecule has 0 unspecified atom stereocenters. The number of benzene rings is 9. The maximum atomic E-state index is 2.51. The van der Waals surface area contributed by atoms with E-state index in [2.05, 4.69) is 216 Å². The molecule has 1 spiro atoms. The van der Waals surface area contributed by atoms with Crippen molar-refractivity contribution in [2.45, 2.75) is 31.1 Å². The fraction of sp³-hybridized carbons (Fsp3) is 0.0877. The van der Waals surface area contributed by atoms with E-state index >= 15 is 0 Å². The van der Waals surface area contributed by atoms with E-state index in [0.29, 0.717) is 0 Å². The average molecular weight is 755 g/mol. The first-order valence-electron chi connectivity index (χ1n) is 21.1. The minimum atomic E-state index is 0.158. The number of hydrogen-bond donors (Lipinski definition) is 0. The van der Waals surface area contributed by atoms with Crippen LogP contribution in [-0.2, 0) is 5.41 Å². The van der Waals surface area contributed by atoms with Crippen LogP contribution in [0.1, 0.15) is 36.8 Å². The fourth-order valence-electron chi connectivity index (χ4n) is 10.6. The third-order valence-corrected chi connectivity index (χ3v) is 13.3. The summed E-state index contributed by atoms with van der Waals surface area (Å²) < 4.78 is 2.39. The molecule has 2 aliphatic rings. The highest BCUT2D eigenvalue weighted by Crippen LogP contribution is 2.57. The molecule has 59 heavy (non-hydrogen) atoms. The molecule has 0 atom stereocenters. The molecule has 2 heteroatoms. The van der Waals surface area contributed by atoms with Crippen molar-refractivity contribution in [3.05, 3.63) is 217 Å². The highest BCUT2D eigenvalue weighted by Gasteiger charge is 2.44. The minimum Gasteiger partial charge on any atom is -0.310 e. The lowest BCUT2D eigenvalue weighted by atomic mass is 9.76. The number of nitrogens with zero attached hydrogens (tertiary/aromatic N) is 2. The van der Waals surface area contributed by atoms with Crippen molar-refractivity contribution in [3.8, 4) is 39.1 Å². The van der Waals surface area contributed by atoms with Crippen LogP contribution in [0.3, 0.4) is 0 Å². The maximum absolute atomic E-state index is 2.51. The van der Waals surface area contributed by atoms with Gasteiger partial charge in [-0.1, -0.05) is 158 Å². The van der Waals surface area contributed by atoms with Gasteiger partial charge in [0.2, 0.25) is 0 Å². The third-order valence-electron chi connectivity index (χ3n) is 13.3. The minimum absolute atomic E-state index is 0.158. The Kier molecular flexibility index (Phi) is 7.74. The Balaban J connectivity index is 0.937. The van der Waals surface area contributed by atoms with Gasteiger partial charge < -0.3 is 9.47 Å². The first-order chi connectivity index (χ1) is 29.2. The Bertz CT molecular complexity index is 3200. The van der Waals surface area contributed by atoms with E-state index in [1.54, 1.807) is 0 Å². The summed E-state index contributed by atoms with van der Waals surface area (Å²) in [6, 6.07) is 76.4. The molecule has 2 nitrogen and oxygen atoms in total. The zero-order valence-electron chi connectivity index (χ0n) is 32.9. The van der Waals surface area contributed by atoms with Gasteiger partial charge in [0.15, 0.2) is 0 Å². The molecule has 0 N–H and O–H groups in total. The second kappa shape index (κ2) is 13.5. The SMILES string of the molecule is c1ccc(-n2c3ccccc3c3ccc(-c4ccc(N(c5ccc(-c6ccc7c(c6)C6(CCCC6)c6ccccc6-7)cc5)c5cccc6ccccc56)cc4)cc32)cc1. The van der Waals surface area contributed by atoms with Gasteiger partial charge in [0, 0.05) is 38.6 Å². The summed E-state index contributed by atoms with van der Waals surface area (Å²) in [4.78, 5) is 2.42. The van der Waals surface area contributed by atoms with Crippen molar-refractivity contribution in [2.75, 3.05) is 4.90 Å². The quantitative estimate of drug-likeness (QED) is 0.164. The Morgan fingerprint density at radius 1 is 0.390 bits per heavy atom. The van der Waals surface area contributed by atoms with Crippen LogP contribution in [0.2, 0.25) is 0 Å². The maximum Gasteiger partial charge on any atom is 0.0547 e. The average Bonchev–Trinajstić information content (AvgIpc) is 4.01. The highest BCUT2D eigenvalue weighted by atomic mass is 15.1. The van der Waals surface area contributed by atoms with Crippen LogP contribution >= 0.6 is 0 Å². The van der Waals surface area contributed by atoms with Crippen LogP contribution in [0.15, 0.2) is 206 Å². The van der Waals surface area contributed by atoms with Crippen LogP contribution in [0.4, 0.5) is 17.1 Å². The molecule has 0 aliphatic heterocycles. The second-order valence-corrected chi connectivity index (χ2v) is 16.4. The van der Waals surface area contributed by atoms with E-state index < -0.39 is 0 Å². The zero-order valence-corrected chi connectivity index (χ0v) is 32.9. The standard InChI is InChI=1S/C57H42N2/c1-2-15-44(16-3-1)59-55-21-9-7-19-50(55)51-34-28-43(38-56(51)59)40-25-31-46(32-26-40)58(54-22-12-14-41-13-4-5-17-47(41)54)45-29-23-39(24-30-45)42-27-33-49-48-18-6-8-20-52(48)57(53(49)37-42)35-10-11-36-57/h1-9,12-34,37-38H,10-11,35-36H2. The molecule has 0 amide bonds. The molecule has 12 rings (SSSR count). The predicted octanol–water partition coefficient (Wildman–Crippen LogP) is 15.6. The number of fused-ring (bicyclic) bond motifs is 9. The number of rotatable bonds is 6. The zero-order chi connectivity index (χ0) is 38.9. The Morgan fingerprint density at radius 3 is 1.75 bits per heavy atom. The summed E-state index contributed by atoms with van der Waals surface area (Å²) in [7, 11) is 0. The van der Waals surface area contributed by atoms with E-state index in [9.17, 15) is 0 Å². The summed E-state index contributed by atoms with van der Waals surface area (Å²) in [5, 5.41) is 4.98. The molecule has 280 valence electrons. The molecule has 9 aromatic carbocycles. The van der Waals surface area contributed by atoms with Gasteiger partial charge in [0.25, 0.3) is 0 Å². The number of para-hydroxylation sites is 2. The van der Waals surface area contributed by atoms with Crippen molar-refractivity contribution in [3.63, 3.8) is 0 Å². The van der Waals surface area contributed by atoms with Gasteiger partial charge in [0.1, 0.15) is 0 Å². The van der Waals surface area contributed by atoms with Crippen LogP contribution in [0.25, 0.3) is 71.6 Å². The van der Waals surface area contributed by atoms with E-state index in [0.717, 1.165) is 17.1 Å².